The highest BCUT2D eigenvalue weighted by Gasteiger charge is 2.11. The second-order valence-corrected chi connectivity index (χ2v) is 1.68. The molecule has 10 heavy (non-hydrogen) atoms. The fraction of sp³-hybridized carbons (Fsp3) is 0.667. The lowest BCUT2D eigenvalue weighted by Gasteiger charge is -2.15. The maximum absolute atomic E-state index is 10.5. The van der Waals surface area contributed by atoms with Crippen LogP contribution in [0, 0.1) is 0 Å². The van der Waals surface area contributed by atoms with Crippen LogP contribution in [0.1, 0.15) is 0 Å². The number of amides is 1. The molecule has 7 heteroatoms. The third kappa shape index (κ3) is 2.86. The van der Waals surface area contributed by atoms with Crippen molar-refractivity contribution in [3.8, 4) is 0 Å². The first-order chi connectivity index (χ1) is 4.76. The van der Waals surface area contributed by atoms with E-state index in [0.29, 0.717) is 0 Å². The Balaban J connectivity index is 3.68. The van der Waals surface area contributed by atoms with E-state index in [0.717, 1.165) is 4.81 Å². The van der Waals surface area contributed by atoms with Crippen LogP contribution < -0.4 is 0 Å². The molecule has 0 aromatic carbocycles. The number of aliphatic hydroxyl groups excluding tert-OH is 1. The molecule has 0 radical (unpaired) electrons. The molecular formula is C3H9B2NO4. The summed E-state index contributed by atoms with van der Waals surface area (Å²) in [6, 6.07) is 0. The largest absolute Gasteiger partial charge is 0.446 e. The van der Waals surface area contributed by atoms with Crippen molar-refractivity contribution < 1.29 is 19.9 Å². The molecule has 0 aliphatic carbocycles. The van der Waals surface area contributed by atoms with Crippen molar-refractivity contribution >= 4 is 20.9 Å². The number of carbonyl (C=O) groups is 1. The van der Waals surface area contributed by atoms with Gasteiger partial charge in [0.05, 0.1) is 6.61 Å². The van der Waals surface area contributed by atoms with E-state index in [4.69, 9.17) is 15.2 Å². The Labute approximate surface area is 59.8 Å². The Bertz CT molecular complexity index is 111. The molecule has 0 rings (SSSR count). The van der Waals surface area contributed by atoms with Crippen molar-refractivity contribution in [3.63, 3.8) is 0 Å². The predicted molar refractivity (Wildman–Crippen MR) is 37.9 cm³/mol. The second-order valence-electron chi connectivity index (χ2n) is 1.68. The molecular weight excluding hydrogens is 136 g/mol. The van der Waals surface area contributed by atoms with Gasteiger partial charge in [0, 0.05) is 6.54 Å². The summed E-state index contributed by atoms with van der Waals surface area (Å²) in [6.07, 6.45) is 0. The van der Waals surface area contributed by atoms with Gasteiger partial charge < -0.3 is 20.0 Å². The Morgan fingerprint density at radius 2 is 2.10 bits per heavy atom. The van der Waals surface area contributed by atoms with Crippen molar-refractivity contribution in [1.29, 1.82) is 0 Å². The molecule has 0 unspecified atom stereocenters. The van der Waals surface area contributed by atoms with Crippen LogP contribution in [0.3, 0.4) is 0 Å². The van der Waals surface area contributed by atoms with Crippen molar-refractivity contribution in [1.82, 2.24) is 4.81 Å². The van der Waals surface area contributed by atoms with E-state index in [9.17, 15) is 4.79 Å². The van der Waals surface area contributed by atoms with E-state index >= 15 is 0 Å². The summed E-state index contributed by atoms with van der Waals surface area (Å²) < 4.78 is 0. The van der Waals surface area contributed by atoms with Crippen molar-refractivity contribution in [2.75, 3.05) is 13.2 Å². The minimum atomic E-state index is -0.638. The molecule has 0 aromatic heterocycles. The van der Waals surface area contributed by atoms with Crippen LogP contribution in [0.4, 0.5) is 4.79 Å². The van der Waals surface area contributed by atoms with Crippen molar-refractivity contribution in [2.45, 2.75) is 0 Å². The zero-order chi connectivity index (χ0) is 7.98. The lowest BCUT2D eigenvalue weighted by atomic mass is 9.96. The topological polar surface area (TPSA) is 81.0 Å². The molecule has 56 valence electrons. The van der Waals surface area contributed by atoms with E-state index < -0.39 is 20.9 Å². The van der Waals surface area contributed by atoms with Crippen LogP contribution in [0.15, 0.2) is 0 Å². The summed E-state index contributed by atoms with van der Waals surface area (Å²) in [7, 11) is -1.11. The van der Waals surface area contributed by atoms with Crippen LogP contribution in [-0.4, -0.2) is 54.0 Å². The SMILES string of the molecule is O=C(BO)N(BO)CCO. The molecule has 1 amide bonds. The molecule has 5 nitrogen and oxygen atoms in total. The number of hydrogen-bond acceptors (Lipinski definition) is 4. The van der Waals surface area contributed by atoms with Gasteiger partial charge in [0.15, 0.2) is 5.81 Å². The zero-order valence-corrected chi connectivity index (χ0v) is 5.53. The zero-order valence-electron chi connectivity index (χ0n) is 5.53. The molecule has 0 aliphatic heterocycles. The van der Waals surface area contributed by atoms with Gasteiger partial charge in [-0.05, 0) is 0 Å². The molecule has 0 atom stereocenters. The highest BCUT2D eigenvalue weighted by atomic mass is 16.3. The fourth-order valence-corrected chi connectivity index (χ4v) is 0.495. The maximum atomic E-state index is 10.5. The highest BCUT2D eigenvalue weighted by molar-refractivity contribution is 6.69. The van der Waals surface area contributed by atoms with E-state index in [-0.39, 0.29) is 13.2 Å². The van der Waals surface area contributed by atoms with Crippen LogP contribution in [0.25, 0.3) is 0 Å². The van der Waals surface area contributed by atoms with Gasteiger partial charge in [-0.15, -0.1) is 0 Å². The molecule has 0 saturated carbocycles. The maximum Gasteiger partial charge on any atom is 0.395 e. The Hall–Kier alpha value is -0.520. The summed E-state index contributed by atoms with van der Waals surface area (Å²) in [5.74, 6) is -0.587. The van der Waals surface area contributed by atoms with Gasteiger partial charge in [-0.2, -0.15) is 0 Å². The standard InChI is InChI=1S/C3H9B2NO4/c7-2-1-6(5-10)3(8)4-9/h4-5,7,9-10H,1-2H2. The summed E-state index contributed by atoms with van der Waals surface area (Å²) in [4.78, 5) is 11.5. The number of rotatable bonds is 4. The lowest BCUT2D eigenvalue weighted by Crippen LogP contribution is -2.38. The first-order valence-corrected chi connectivity index (χ1v) is 2.86. The van der Waals surface area contributed by atoms with Gasteiger partial charge in [-0.3, -0.25) is 4.79 Å². The minimum absolute atomic E-state index is 0.0515. The molecule has 0 aliphatic rings. The predicted octanol–water partition coefficient (Wildman–Crippen LogP) is -3.00. The number of hydrogen-bond donors (Lipinski definition) is 3. The minimum Gasteiger partial charge on any atom is -0.446 e. The van der Waals surface area contributed by atoms with Gasteiger partial charge >= 0.3 is 15.1 Å². The average Bonchev–Trinajstić information content (AvgIpc) is 1.99. The first-order valence-electron chi connectivity index (χ1n) is 2.86. The summed E-state index contributed by atoms with van der Waals surface area (Å²) in [6.45, 7) is -0.164. The van der Waals surface area contributed by atoms with E-state index in [2.05, 4.69) is 0 Å². The summed E-state index contributed by atoms with van der Waals surface area (Å²) in [5, 5.41) is 25.0. The van der Waals surface area contributed by atoms with Crippen LogP contribution in [-0.2, 0) is 0 Å². The molecule has 0 saturated heterocycles. The molecule has 3 N–H and O–H groups in total. The third-order valence-electron chi connectivity index (χ3n) is 1.03. The van der Waals surface area contributed by atoms with Gasteiger partial charge in [-0.1, -0.05) is 0 Å². The Morgan fingerprint density at radius 3 is 2.40 bits per heavy atom. The molecule has 0 bridgehead atoms. The normalized spacial score (nSPS) is 8.70. The highest BCUT2D eigenvalue weighted by Crippen LogP contribution is 1.84. The van der Waals surface area contributed by atoms with Crippen LogP contribution >= 0.6 is 0 Å². The molecule has 0 spiro atoms. The smallest absolute Gasteiger partial charge is 0.395 e. The average molecular weight is 145 g/mol. The number of aliphatic hydroxyl groups is 1. The Morgan fingerprint density at radius 1 is 1.50 bits per heavy atom. The third-order valence-corrected chi connectivity index (χ3v) is 1.03. The molecule has 0 fully saturated rings. The van der Waals surface area contributed by atoms with Crippen molar-refractivity contribution in [3.05, 3.63) is 0 Å². The molecule has 0 heterocycles. The van der Waals surface area contributed by atoms with Gasteiger partial charge in [0.2, 0.25) is 0 Å². The first kappa shape index (κ1) is 9.48. The lowest BCUT2D eigenvalue weighted by molar-refractivity contribution is 0.221. The molecule has 0 aromatic rings. The second kappa shape index (κ2) is 5.28. The van der Waals surface area contributed by atoms with Gasteiger partial charge in [0.25, 0.3) is 0 Å². The van der Waals surface area contributed by atoms with Gasteiger partial charge in [-0.25, -0.2) is 0 Å². The van der Waals surface area contributed by atoms with Gasteiger partial charge in [0.1, 0.15) is 0 Å². The summed E-state index contributed by atoms with van der Waals surface area (Å²) in [5.41, 5.74) is 0. The monoisotopic (exact) mass is 145 g/mol. The van der Waals surface area contributed by atoms with E-state index in [1.54, 1.807) is 0 Å². The Kier molecular flexibility index (Phi) is 5.00. The quantitative estimate of drug-likeness (QED) is 0.368. The number of carbonyl (C=O) groups excluding carboxylic acids is 1. The van der Waals surface area contributed by atoms with E-state index in [1.807, 2.05) is 0 Å². The van der Waals surface area contributed by atoms with Crippen molar-refractivity contribution in [2.24, 2.45) is 0 Å². The van der Waals surface area contributed by atoms with Crippen LogP contribution in [0.2, 0.25) is 0 Å². The fourth-order valence-electron chi connectivity index (χ4n) is 0.495. The number of nitrogens with zero attached hydrogens (tertiary/aromatic N) is 1. The summed E-state index contributed by atoms with van der Waals surface area (Å²) >= 11 is 0. The van der Waals surface area contributed by atoms with E-state index in [1.165, 1.54) is 0 Å². The van der Waals surface area contributed by atoms with Crippen LogP contribution in [0.5, 0.6) is 0 Å².